The summed E-state index contributed by atoms with van der Waals surface area (Å²) in [5.74, 6) is -2.00. The van der Waals surface area contributed by atoms with Crippen LogP contribution in [0.5, 0.6) is 0 Å². The van der Waals surface area contributed by atoms with Gasteiger partial charge in [-0.15, -0.1) is 11.3 Å². The van der Waals surface area contributed by atoms with E-state index >= 15 is 0 Å². The first-order chi connectivity index (χ1) is 11.7. The summed E-state index contributed by atoms with van der Waals surface area (Å²) in [6, 6.07) is 3.53. The van der Waals surface area contributed by atoms with Crippen molar-refractivity contribution in [2.24, 2.45) is 5.41 Å². The molecule has 5 nitrogen and oxygen atoms in total. The molecule has 0 aliphatic rings. The highest BCUT2D eigenvalue weighted by atomic mass is 32.1. The zero-order valence-corrected chi connectivity index (χ0v) is 15.0. The number of nitrogens with zero attached hydrogens (tertiary/aromatic N) is 1. The van der Waals surface area contributed by atoms with Crippen LogP contribution in [0, 0.1) is 17.0 Å². The van der Waals surface area contributed by atoms with Crippen LogP contribution in [0.4, 0.5) is 13.9 Å². The standard InChI is InChI=1S/C17H19F2N3O2S/c1-17(2,3)15(24)22-16-21-10(9-25-16)7-14(23)20-8-11-12(18)5-4-6-13(11)19/h4-6,9H,7-8H2,1-3H3,(H,20,23)(H,21,22,24). The summed E-state index contributed by atoms with van der Waals surface area (Å²) in [6.45, 7) is 5.11. The predicted molar refractivity (Wildman–Crippen MR) is 92.1 cm³/mol. The molecule has 0 fully saturated rings. The summed E-state index contributed by atoms with van der Waals surface area (Å²) in [4.78, 5) is 28.0. The fourth-order valence-electron chi connectivity index (χ4n) is 1.85. The number of rotatable bonds is 5. The van der Waals surface area contributed by atoms with Gasteiger partial charge in [0, 0.05) is 22.9 Å². The molecule has 0 atom stereocenters. The molecule has 8 heteroatoms. The van der Waals surface area contributed by atoms with Crippen molar-refractivity contribution < 1.29 is 18.4 Å². The second-order valence-electron chi connectivity index (χ2n) is 6.50. The Morgan fingerprint density at radius 2 is 1.84 bits per heavy atom. The van der Waals surface area contributed by atoms with Crippen LogP contribution in [0.25, 0.3) is 0 Å². The van der Waals surface area contributed by atoms with Crippen LogP contribution < -0.4 is 10.6 Å². The van der Waals surface area contributed by atoms with Crippen molar-refractivity contribution in [3.8, 4) is 0 Å². The average molecular weight is 367 g/mol. The Balaban J connectivity index is 1.90. The summed E-state index contributed by atoms with van der Waals surface area (Å²) in [5.41, 5.74) is -0.263. The molecule has 2 rings (SSSR count). The van der Waals surface area contributed by atoms with Gasteiger partial charge in [-0.3, -0.25) is 9.59 Å². The van der Waals surface area contributed by atoms with Crippen molar-refractivity contribution in [1.29, 1.82) is 0 Å². The Morgan fingerprint density at radius 3 is 2.44 bits per heavy atom. The fourth-order valence-corrected chi connectivity index (χ4v) is 2.55. The van der Waals surface area contributed by atoms with Crippen LogP contribution >= 0.6 is 11.3 Å². The van der Waals surface area contributed by atoms with E-state index in [-0.39, 0.29) is 24.4 Å². The van der Waals surface area contributed by atoms with Crippen LogP contribution in [0.3, 0.4) is 0 Å². The molecule has 2 aromatic rings. The number of carbonyl (C=O) groups excluding carboxylic acids is 2. The number of anilines is 1. The van der Waals surface area contributed by atoms with E-state index in [1.807, 2.05) is 0 Å². The Hall–Kier alpha value is -2.35. The van der Waals surface area contributed by atoms with Gasteiger partial charge in [-0.2, -0.15) is 0 Å². The fraction of sp³-hybridized carbons (Fsp3) is 0.353. The number of hydrogen-bond acceptors (Lipinski definition) is 4. The monoisotopic (exact) mass is 367 g/mol. The van der Waals surface area contributed by atoms with Crippen LogP contribution in [0.15, 0.2) is 23.6 Å². The topological polar surface area (TPSA) is 71.1 Å². The van der Waals surface area contributed by atoms with E-state index in [0.717, 1.165) is 12.1 Å². The minimum atomic E-state index is -0.707. The van der Waals surface area contributed by atoms with E-state index in [4.69, 9.17) is 0 Å². The number of thiazole rings is 1. The molecule has 1 aromatic carbocycles. The second-order valence-corrected chi connectivity index (χ2v) is 7.36. The average Bonchev–Trinajstić information content (AvgIpc) is 2.92. The van der Waals surface area contributed by atoms with Crippen LogP contribution in [0.1, 0.15) is 32.0 Å². The minimum absolute atomic E-state index is 0.0437. The van der Waals surface area contributed by atoms with Crippen LogP contribution in [0.2, 0.25) is 0 Å². The molecule has 0 spiro atoms. The molecule has 0 saturated heterocycles. The Bertz CT molecular complexity index is 764. The van der Waals surface area contributed by atoms with Crippen molar-refractivity contribution >= 4 is 28.3 Å². The Kier molecular flexibility index (Phi) is 5.84. The maximum absolute atomic E-state index is 13.5. The second kappa shape index (κ2) is 7.69. The smallest absolute Gasteiger partial charge is 0.231 e. The van der Waals surface area contributed by atoms with E-state index in [1.54, 1.807) is 26.2 Å². The van der Waals surface area contributed by atoms with E-state index in [9.17, 15) is 18.4 Å². The molecule has 0 saturated carbocycles. The SMILES string of the molecule is CC(C)(C)C(=O)Nc1nc(CC(=O)NCc2c(F)cccc2F)cs1. The summed E-state index contributed by atoms with van der Waals surface area (Å²) >= 11 is 1.21. The lowest BCUT2D eigenvalue weighted by atomic mass is 9.96. The summed E-state index contributed by atoms with van der Waals surface area (Å²) in [7, 11) is 0. The van der Waals surface area contributed by atoms with Gasteiger partial charge in [0.1, 0.15) is 11.6 Å². The maximum atomic E-state index is 13.5. The molecular weight excluding hydrogens is 348 g/mol. The van der Waals surface area contributed by atoms with Gasteiger partial charge in [0.05, 0.1) is 12.1 Å². The third-order valence-electron chi connectivity index (χ3n) is 3.32. The third-order valence-corrected chi connectivity index (χ3v) is 4.13. The van der Waals surface area contributed by atoms with Crippen molar-refractivity contribution in [2.45, 2.75) is 33.7 Å². The van der Waals surface area contributed by atoms with Crippen molar-refractivity contribution in [3.05, 3.63) is 46.5 Å². The van der Waals surface area contributed by atoms with Crippen molar-refractivity contribution in [1.82, 2.24) is 10.3 Å². The molecule has 1 heterocycles. The van der Waals surface area contributed by atoms with Gasteiger partial charge in [-0.25, -0.2) is 13.8 Å². The number of hydrogen-bond donors (Lipinski definition) is 2. The van der Waals surface area contributed by atoms with Crippen molar-refractivity contribution in [2.75, 3.05) is 5.32 Å². The van der Waals surface area contributed by atoms with E-state index < -0.39 is 23.0 Å². The quantitative estimate of drug-likeness (QED) is 0.852. The van der Waals surface area contributed by atoms with Gasteiger partial charge in [0.15, 0.2) is 5.13 Å². The van der Waals surface area contributed by atoms with Gasteiger partial charge in [-0.05, 0) is 12.1 Å². The van der Waals surface area contributed by atoms with Gasteiger partial charge in [0.25, 0.3) is 0 Å². The number of nitrogens with one attached hydrogen (secondary N) is 2. The molecule has 0 aliphatic carbocycles. The highest BCUT2D eigenvalue weighted by Gasteiger charge is 2.22. The first kappa shape index (κ1) is 19.0. The lowest BCUT2D eigenvalue weighted by molar-refractivity contribution is -0.123. The highest BCUT2D eigenvalue weighted by molar-refractivity contribution is 7.13. The largest absolute Gasteiger partial charge is 0.351 e. The number of halogens is 2. The summed E-state index contributed by atoms with van der Waals surface area (Å²) < 4.78 is 27.0. The van der Waals surface area contributed by atoms with Gasteiger partial charge in [-0.1, -0.05) is 26.8 Å². The Labute approximate surface area is 148 Å². The molecule has 25 heavy (non-hydrogen) atoms. The highest BCUT2D eigenvalue weighted by Crippen LogP contribution is 2.20. The lowest BCUT2D eigenvalue weighted by Crippen LogP contribution is -2.27. The molecule has 2 amide bonds. The first-order valence-corrected chi connectivity index (χ1v) is 8.50. The van der Waals surface area contributed by atoms with Crippen LogP contribution in [-0.4, -0.2) is 16.8 Å². The van der Waals surface area contributed by atoms with Crippen molar-refractivity contribution in [3.63, 3.8) is 0 Å². The molecule has 0 radical (unpaired) electrons. The normalized spacial score (nSPS) is 11.2. The van der Waals surface area contributed by atoms with Gasteiger partial charge in [0.2, 0.25) is 11.8 Å². The molecule has 2 N–H and O–H groups in total. The van der Waals surface area contributed by atoms with Gasteiger partial charge < -0.3 is 10.6 Å². The molecule has 0 unspecified atom stereocenters. The van der Waals surface area contributed by atoms with Crippen LogP contribution in [-0.2, 0) is 22.6 Å². The predicted octanol–water partition coefficient (Wildman–Crippen LogP) is 3.26. The van der Waals surface area contributed by atoms with E-state index in [1.165, 1.54) is 17.4 Å². The molecular formula is C17H19F2N3O2S. The number of amides is 2. The number of carbonyl (C=O) groups is 2. The summed E-state index contributed by atoms with van der Waals surface area (Å²) in [5, 5.41) is 7.21. The molecule has 0 aliphatic heterocycles. The number of benzene rings is 1. The van der Waals surface area contributed by atoms with Gasteiger partial charge >= 0.3 is 0 Å². The molecule has 0 bridgehead atoms. The van der Waals surface area contributed by atoms with E-state index in [0.29, 0.717) is 10.8 Å². The first-order valence-electron chi connectivity index (χ1n) is 7.62. The lowest BCUT2D eigenvalue weighted by Gasteiger charge is -2.15. The molecule has 134 valence electrons. The minimum Gasteiger partial charge on any atom is -0.351 e. The number of aromatic nitrogens is 1. The zero-order valence-electron chi connectivity index (χ0n) is 14.2. The third kappa shape index (κ3) is 5.32. The summed E-state index contributed by atoms with van der Waals surface area (Å²) in [6.07, 6.45) is -0.0437. The molecule has 1 aromatic heterocycles. The zero-order chi connectivity index (χ0) is 18.6. The Morgan fingerprint density at radius 1 is 1.20 bits per heavy atom. The maximum Gasteiger partial charge on any atom is 0.231 e. The van der Waals surface area contributed by atoms with E-state index in [2.05, 4.69) is 15.6 Å².